The zero-order valence-corrected chi connectivity index (χ0v) is 19.6. The monoisotopic (exact) mass is 471 g/mol. The van der Waals surface area contributed by atoms with Gasteiger partial charge in [0.1, 0.15) is 0 Å². The lowest BCUT2D eigenvalue weighted by molar-refractivity contribution is -0.117. The molecule has 7 N–H and O–H groups in total. The first-order valence-corrected chi connectivity index (χ1v) is 11.1. The molecule has 0 saturated heterocycles. The molecule has 0 unspecified atom stereocenters. The van der Waals surface area contributed by atoms with Crippen molar-refractivity contribution >= 4 is 10.4 Å². The Morgan fingerprint density at radius 2 is 0.900 bits per heavy atom. The van der Waals surface area contributed by atoms with Crippen molar-refractivity contribution in [2.45, 2.75) is 90.8 Å². The fourth-order valence-electron chi connectivity index (χ4n) is 1.76. The van der Waals surface area contributed by atoms with Gasteiger partial charge in [0.05, 0.1) is 13.2 Å². The van der Waals surface area contributed by atoms with Crippen LogP contribution in [0.1, 0.15) is 79.1 Å². The van der Waals surface area contributed by atoms with Gasteiger partial charge in [-0.15, -0.1) is 0 Å². The van der Waals surface area contributed by atoms with Gasteiger partial charge in [0, 0.05) is 13.2 Å². The average Bonchev–Trinajstić information content (AvgIpc) is 2.51. The minimum atomic E-state index is -4.67. The van der Waals surface area contributed by atoms with E-state index < -0.39 is 22.1 Å². The quantitative estimate of drug-likeness (QED) is 0.185. The topological polar surface area (TPSA) is 169 Å². The molecular formula is C18H43F2NO8S. The third-order valence-electron chi connectivity index (χ3n) is 3.00. The molecule has 30 heavy (non-hydrogen) atoms. The van der Waals surface area contributed by atoms with E-state index in [-0.39, 0.29) is 19.4 Å². The normalized spacial score (nSPS) is 11.5. The van der Waals surface area contributed by atoms with Crippen LogP contribution in [0.25, 0.3) is 0 Å². The largest absolute Gasteiger partial charge is 0.396 e. The second kappa shape index (κ2) is 21.8. The molecular weight excluding hydrogens is 428 g/mol. The molecule has 0 bridgehead atoms. The maximum absolute atomic E-state index is 12.7. The van der Waals surface area contributed by atoms with Crippen LogP contribution in [0.5, 0.6) is 0 Å². The number of rotatable bonds is 14. The van der Waals surface area contributed by atoms with Crippen LogP contribution >= 0.6 is 0 Å². The van der Waals surface area contributed by atoms with Crippen molar-refractivity contribution in [3.8, 4) is 0 Å². The molecule has 0 aromatic carbocycles. The standard InChI is InChI=1S/2C9H19FO2.H3N.H2O4S/c2*1-9(2,10)12-8-6-4-3-5-7-11;;1-5(2,3)4/h2*11H,3-8H2,1-2H3;1H3;(H2,1,2,3,4). The van der Waals surface area contributed by atoms with Crippen LogP contribution in [-0.4, -0.2) is 65.9 Å². The van der Waals surface area contributed by atoms with Crippen LogP contribution in [0.3, 0.4) is 0 Å². The Labute approximate surface area is 180 Å². The fourth-order valence-corrected chi connectivity index (χ4v) is 1.76. The summed E-state index contributed by atoms with van der Waals surface area (Å²) in [7, 11) is -4.67. The highest BCUT2D eigenvalue weighted by atomic mass is 32.3. The lowest BCUT2D eigenvalue weighted by atomic mass is 10.2. The van der Waals surface area contributed by atoms with Gasteiger partial charge in [-0.05, 0) is 53.4 Å². The van der Waals surface area contributed by atoms with Crippen LogP contribution in [0.2, 0.25) is 0 Å². The average molecular weight is 472 g/mol. The number of aliphatic hydroxyl groups excluding tert-OH is 2. The van der Waals surface area contributed by atoms with Gasteiger partial charge in [-0.3, -0.25) is 9.11 Å². The highest BCUT2D eigenvalue weighted by Gasteiger charge is 2.14. The van der Waals surface area contributed by atoms with Crippen molar-refractivity contribution < 1.29 is 46.0 Å². The summed E-state index contributed by atoms with van der Waals surface area (Å²) < 4.78 is 66.7. The summed E-state index contributed by atoms with van der Waals surface area (Å²) >= 11 is 0. The number of alkyl halides is 2. The first kappa shape index (κ1) is 36.9. The van der Waals surface area contributed by atoms with E-state index in [0.717, 1.165) is 51.4 Å². The number of halogens is 2. The van der Waals surface area contributed by atoms with Crippen molar-refractivity contribution in [3.63, 3.8) is 0 Å². The maximum Gasteiger partial charge on any atom is 0.394 e. The molecule has 188 valence electrons. The molecule has 12 heteroatoms. The van der Waals surface area contributed by atoms with Crippen molar-refractivity contribution in [1.82, 2.24) is 6.15 Å². The number of aliphatic hydroxyl groups is 2. The molecule has 0 rings (SSSR count). The van der Waals surface area contributed by atoms with Gasteiger partial charge in [0.25, 0.3) is 0 Å². The molecule has 0 heterocycles. The molecule has 0 aromatic heterocycles. The predicted molar refractivity (Wildman–Crippen MR) is 113 cm³/mol. The summed E-state index contributed by atoms with van der Waals surface area (Å²) in [6.07, 6.45) is 7.38. The van der Waals surface area contributed by atoms with Crippen molar-refractivity contribution in [2.75, 3.05) is 26.4 Å². The van der Waals surface area contributed by atoms with E-state index in [4.69, 9.17) is 37.2 Å². The first-order valence-electron chi connectivity index (χ1n) is 9.69. The van der Waals surface area contributed by atoms with E-state index in [1.165, 1.54) is 27.7 Å². The minimum absolute atomic E-state index is 0. The van der Waals surface area contributed by atoms with E-state index in [1.54, 1.807) is 0 Å². The molecule has 0 aliphatic heterocycles. The van der Waals surface area contributed by atoms with E-state index in [2.05, 4.69) is 0 Å². The Bertz CT molecular complexity index is 406. The van der Waals surface area contributed by atoms with Crippen LogP contribution in [0.15, 0.2) is 0 Å². The van der Waals surface area contributed by atoms with Crippen LogP contribution < -0.4 is 6.15 Å². The summed E-state index contributed by atoms with van der Waals surface area (Å²) in [4.78, 5) is 0. The molecule has 0 saturated carbocycles. The first-order chi connectivity index (χ1) is 13.1. The molecule has 9 nitrogen and oxygen atoms in total. The molecule has 0 aromatic rings. The molecule has 0 amide bonds. The Hall–Kier alpha value is -0.470. The lowest BCUT2D eigenvalue weighted by Crippen LogP contribution is -2.17. The fraction of sp³-hybridized carbons (Fsp3) is 1.00. The van der Waals surface area contributed by atoms with Crippen molar-refractivity contribution in [3.05, 3.63) is 0 Å². The highest BCUT2D eigenvalue weighted by molar-refractivity contribution is 7.79. The Kier molecular flexibility index (Phi) is 26.7. The minimum Gasteiger partial charge on any atom is -0.396 e. The summed E-state index contributed by atoms with van der Waals surface area (Å²) in [5, 5.41) is 16.9. The molecule has 0 aliphatic carbocycles. The summed E-state index contributed by atoms with van der Waals surface area (Å²) in [5.41, 5.74) is 0. The maximum atomic E-state index is 12.7. The molecule has 0 spiro atoms. The second-order valence-electron chi connectivity index (χ2n) is 7.15. The van der Waals surface area contributed by atoms with E-state index in [0.29, 0.717) is 13.2 Å². The van der Waals surface area contributed by atoms with Gasteiger partial charge in [0.2, 0.25) is 11.7 Å². The smallest absolute Gasteiger partial charge is 0.394 e. The Morgan fingerprint density at radius 3 is 1.10 bits per heavy atom. The van der Waals surface area contributed by atoms with Gasteiger partial charge in [0.15, 0.2) is 0 Å². The Morgan fingerprint density at radius 1 is 0.667 bits per heavy atom. The number of hydrogen-bond donors (Lipinski definition) is 5. The second-order valence-corrected chi connectivity index (χ2v) is 8.04. The van der Waals surface area contributed by atoms with Crippen LogP contribution in [0.4, 0.5) is 8.78 Å². The molecule has 0 fully saturated rings. The van der Waals surface area contributed by atoms with Crippen LogP contribution in [-0.2, 0) is 19.9 Å². The molecule has 0 aliphatic rings. The number of ether oxygens (including phenoxy) is 2. The predicted octanol–water partition coefficient (Wildman–Crippen LogP) is 4.03. The molecule has 0 radical (unpaired) electrons. The van der Waals surface area contributed by atoms with E-state index >= 15 is 0 Å². The summed E-state index contributed by atoms with van der Waals surface area (Å²) in [5.74, 6) is -3.01. The van der Waals surface area contributed by atoms with E-state index in [1.807, 2.05) is 0 Å². The van der Waals surface area contributed by atoms with Gasteiger partial charge < -0.3 is 25.8 Å². The van der Waals surface area contributed by atoms with Gasteiger partial charge in [-0.25, -0.2) is 8.78 Å². The van der Waals surface area contributed by atoms with E-state index in [9.17, 15) is 8.78 Å². The Balaban J connectivity index is -0.000000180. The zero-order chi connectivity index (χ0) is 23.4. The third-order valence-corrected chi connectivity index (χ3v) is 3.00. The lowest BCUT2D eigenvalue weighted by Gasteiger charge is -2.14. The highest BCUT2D eigenvalue weighted by Crippen LogP contribution is 2.12. The van der Waals surface area contributed by atoms with Crippen LogP contribution in [0, 0.1) is 0 Å². The SMILES string of the molecule is CC(C)(F)OCCCCCCO.CC(C)(F)OCCCCCCO.N.O=S(=O)(O)O. The molecule has 0 atom stereocenters. The summed E-state index contributed by atoms with van der Waals surface area (Å²) in [6, 6.07) is 0. The zero-order valence-electron chi connectivity index (χ0n) is 18.8. The summed E-state index contributed by atoms with van der Waals surface area (Å²) in [6.45, 7) is 7.04. The number of hydrogen-bond acceptors (Lipinski definition) is 7. The third kappa shape index (κ3) is 63.1. The van der Waals surface area contributed by atoms with Crippen molar-refractivity contribution in [1.29, 1.82) is 0 Å². The van der Waals surface area contributed by atoms with Crippen molar-refractivity contribution in [2.24, 2.45) is 0 Å². The van der Waals surface area contributed by atoms with Gasteiger partial charge in [-0.2, -0.15) is 8.42 Å². The van der Waals surface area contributed by atoms with Gasteiger partial charge in [-0.1, -0.05) is 25.7 Å². The number of unbranched alkanes of at least 4 members (excludes halogenated alkanes) is 6. The van der Waals surface area contributed by atoms with Gasteiger partial charge >= 0.3 is 10.4 Å².